The predicted molar refractivity (Wildman–Crippen MR) is 71.9 cm³/mol. The van der Waals surface area contributed by atoms with Gasteiger partial charge in [-0.05, 0) is 45.6 Å². The number of hydrogen-bond acceptors (Lipinski definition) is 2. The van der Waals surface area contributed by atoms with E-state index in [2.05, 4.69) is 17.6 Å². The number of amides is 1. The van der Waals surface area contributed by atoms with Gasteiger partial charge in [-0.1, -0.05) is 26.2 Å². The van der Waals surface area contributed by atoms with Crippen molar-refractivity contribution < 1.29 is 4.79 Å². The molecule has 100 valence electrons. The normalized spacial score (nSPS) is 25.6. The zero-order chi connectivity index (χ0) is 12.9. The van der Waals surface area contributed by atoms with E-state index in [1.54, 1.807) is 0 Å². The topological polar surface area (TPSA) is 41.1 Å². The molecule has 2 unspecified atom stereocenters. The van der Waals surface area contributed by atoms with E-state index in [4.69, 9.17) is 0 Å². The summed E-state index contributed by atoms with van der Waals surface area (Å²) in [5, 5.41) is 6.06. The summed E-state index contributed by atoms with van der Waals surface area (Å²) in [6.07, 6.45) is 6.56. The maximum Gasteiger partial charge on any atom is 0.239 e. The average molecular weight is 240 g/mol. The summed E-state index contributed by atoms with van der Waals surface area (Å²) in [7, 11) is 1.82. The van der Waals surface area contributed by atoms with E-state index in [-0.39, 0.29) is 5.91 Å². The fraction of sp³-hybridized carbons (Fsp3) is 0.929. The molecule has 0 aromatic rings. The minimum absolute atomic E-state index is 0.101. The molecule has 1 aliphatic rings. The first-order chi connectivity index (χ1) is 7.95. The molecule has 0 bridgehead atoms. The Bertz CT molecular complexity index is 251. The van der Waals surface area contributed by atoms with Crippen molar-refractivity contribution in [1.29, 1.82) is 0 Å². The minimum Gasteiger partial charge on any atom is -0.355 e. The van der Waals surface area contributed by atoms with Crippen molar-refractivity contribution in [3.8, 4) is 0 Å². The summed E-state index contributed by atoms with van der Waals surface area (Å²) >= 11 is 0. The molecule has 3 heteroatoms. The van der Waals surface area contributed by atoms with Crippen molar-refractivity contribution in [2.75, 3.05) is 13.6 Å². The van der Waals surface area contributed by atoms with E-state index >= 15 is 0 Å². The van der Waals surface area contributed by atoms with E-state index in [0.717, 1.165) is 24.8 Å². The van der Waals surface area contributed by atoms with E-state index in [1.807, 2.05) is 20.9 Å². The van der Waals surface area contributed by atoms with Gasteiger partial charge in [0, 0.05) is 6.54 Å². The average Bonchev–Trinajstić information content (AvgIpc) is 2.29. The van der Waals surface area contributed by atoms with Gasteiger partial charge in [-0.15, -0.1) is 0 Å². The molecule has 0 heterocycles. The first kappa shape index (κ1) is 14.5. The van der Waals surface area contributed by atoms with Crippen LogP contribution in [0.1, 0.15) is 52.9 Å². The van der Waals surface area contributed by atoms with Crippen LogP contribution in [0.2, 0.25) is 0 Å². The lowest BCUT2D eigenvalue weighted by Gasteiger charge is -2.27. The maximum absolute atomic E-state index is 11.8. The van der Waals surface area contributed by atoms with Crippen LogP contribution in [0, 0.1) is 11.8 Å². The number of nitrogens with one attached hydrogen (secondary N) is 2. The number of likely N-dealkylation sites (N-methyl/N-ethyl adjacent to an activating group) is 1. The summed E-state index contributed by atoms with van der Waals surface area (Å²) in [6.45, 7) is 6.98. The Morgan fingerprint density at radius 2 is 2.06 bits per heavy atom. The molecule has 0 radical (unpaired) electrons. The molecular formula is C14H28N2O. The van der Waals surface area contributed by atoms with Crippen LogP contribution in [0.25, 0.3) is 0 Å². The maximum atomic E-state index is 11.8. The van der Waals surface area contributed by atoms with Crippen LogP contribution in [-0.4, -0.2) is 25.0 Å². The highest BCUT2D eigenvalue weighted by Crippen LogP contribution is 2.30. The number of rotatable bonds is 5. The monoisotopic (exact) mass is 240 g/mol. The Labute approximate surface area is 106 Å². The third kappa shape index (κ3) is 4.66. The van der Waals surface area contributed by atoms with E-state index < -0.39 is 5.54 Å². The molecule has 1 rings (SSSR count). The van der Waals surface area contributed by atoms with Gasteiger partial charge in [0.1, 0.15) is 0 Å². The summed E-state index contributed by atoms with van der Waals surface area (Å²) in [6, 6.07) is 0. The predicted octanol–water partition coefficient (Wildman–Crippen LogP) is 2.32. The summed E-state index contributed by atoms with van der Waals surface area (Å²) in [4.78, 5) is 11.8. The molecule has 17 heavy (non-hydrogen) atoms. The minimum atomic E-state index is -0.458. The van der Waals surface area contributed by atoms with Crippen LogP contribution < -0.4 is 10.6 Å². The molecule has 3 nitrogen and oxygen atoms in total. The molecule has 2 N–H and O–H groups in total. The molecule has 0 spiro atoms. The molecule has 1 fully saturated rings. The van der Waals surface area contributed by atoms with Crippen molar-refractivity contribution in [3.63, 3.8) is 0 Å². The van der Waals surface area contributed by atoms with Crippen molar-refractivity contribution in [2.45, 2.75) is 58.4 Å². The van der Waals surface area contributed by atoms with Crippen LogP contribution in [-0.2, 0) is 4.79 Å². The van der Waals surface area contributed by atoms with Gasteiger partial charge in [0.25, 0.3) is 0 Å². The molecule has 0 aromatic heterocycles. The Morgan fingerprint density at radius 1 is 1.35 bits per heavy atom. The highest BCUT2D eigenvalue weighted by molar-refractivity contribution is 5.85. The number of carbonyl (C=O) groups is 1. The zero-order valence-corrected chi connectivity index (χ0v) is 11.8. The van der Waals surface area contributed by atoms with Crippen molar-refractivity contribution in [3.05, 3.63) is 0 Å². The largest absolute Gasteiger partial charge is 0.355 e. The number of carbonyl (C=O) groups excluding carboxylic acids is 1. The molecular weight excluding hydrogens is 212 g/mol. The van der Waals surface area contributed by atoms with Gasteiger partial charge >= 0.3 is 0 Å². The highest BCUT2D eigenvalue weighted by Gasteiger charge is 2.25. The second-order valence-corrected chi connectivity index (χ2v) is 6.06. The fourth-order valence-electron chi connectivity index (χ4n) is 2.55. The third-order valence-corrected chi connectivity index (χ3v) is 4.08. The molecule has 1 saturated carbocycles. The standard InChI is InChI=1S/C14H28N2O/c1-11-6-5-7-12(10-11)8-9-16-13(17)14(2,3)15-4/h11-12,15H,5-10H2,1-4H3,(H,16,17). The quantitative estimate of drug-likeness (QED) is 0.774. The van der Waals surface area contributed by atoms with E-state index in [9.17, 15) is 4.79 Å². The first-order valence-corrected chi connectivity index (χ1v) is 6.93. The lowest BCUT2D eigenvalue weighted by atomic mass is 9.81. The summed E-state index contributed by atoms with van der Waals surface area (Å²) in [5.41, 5.74) is -0.458. The Balaban J connectivity index is 2.21. The van der Waals surface area contributed by atoms with Gasteiger partial charge in [0.15, 0.2) is 0 Å². The van der Waals surface area contributed by atoms with Crippen LogP contribution >= 0.6 is 0 Å². The van der Waals surface area contributed by atoms with Crippen LogP contribution in [0.3, 0.4) is 0 Å². The van der Waals surface area contributed by atoms with Gasteiger partial charge in [-0.2, -0.15) is 0 Å². The fourth-order valence-corrected chi connectivity index (χ4v) is 2.55. The lowest BCUT2D eigenvalue weighted by molar-refractivity contribution is -0.126. The molecule has 0 aromatic carbocycles. The van der Waals surface area contributed by atoms with Crippen molar-refractivity contribution in [1.82, 2.24) is 10.6 Å². The Hall–Kier alpha value is -0.570. The number of hydrogen-bond donors (Lipinski definition) is 2. The van der Waals surface area contributed by atoms with E-state index in [1.165, 1.54) is 25.7 Å². The third-order valence-electron chi connectivity index (χ3n) is 4.08. The van der Waals surface area contributed by atoms with Crippen LogP contribution in [0.4, 0.5) is 0 Å². The van der Waals surface area contributed by atoms with Gasteiger partial charge in [0.2, 0.25) is 5.91 Å². The zero-order valence-electron chi connectivity index (χ0n) is 11.8. The van der Waals surface area contributed by atoms with Gasteiger partial charge in [-0.3, -0.25) is 4.79 Å². The van der Waals surface area contributed by atoms with Crippen molar-refractivity contribution in [2.24, 2.45) is 11.8 Å². The van der Waals surface area contributed by atoms with E-state index in [0.29, 0.717) is 0 Å². The molecule has 0 saturated heterocycles. The van der Waals surface area contributed by atoms with Crippen LogP contribution in [0.15, 0.2) is 0 Å². The summed E-state index contributed by atoms with van der Waals surface area (Å²) < 4.78 is 0. The molecule has 1 aliphatic carbocycles. The van der Waals surface area contributed by atoms with Gasteiger partial charge < -0.3 is 10.6 Å². The van der Waals surface area contributed by atoms with Crippen molar-refractivity contribution >= 4 is 5.91 Å². The van der Waals surface area contributed by atoms with Gasteiger partial charge in [0.05, 0.1) is 5.54 Å². The molecule has 2 atom stereocenters. The highest BCUT2D eigenvalue weighted by atomic mass is 16.2. The summed E-state index contributed by atoms with van der Waals surface area (Å²) in [5.74, 6) is 1.79. The Kier molecular flexibility index (Phi) is 5.44. The Morgan fingerprint density at radius 3 is 2.65 bits per heavy atom. The second kappa shape index (κ2) is 6.39. The second-order valence-electron chi connectivity index (χ2n) is 6.06. The van der Waals surface area contributed by atoms with Crippen LogP contribution in [0.5, 0.6) is 0 Å². The molecule has 0 aliphatic heterocycles. The lowest BCUT2D eigenvalue weighted by Crippen LogP contribution is -2.51. The smallest absolute Gasteiger partial charge is 0.239 e. The molecule has 1 amide bonds. The van der Waals surface area contributed by atoms with Gasteiger partial charge in [-0.25, -0.2) is 0 Å². The SMILES string of the molecule is CNC(C)(C)C(=O)NCCC1CCCC(C)C1. The first-order valence-electron chi connectivity index (χ1n) is 6.93.